The number of piperazine rings is 1. The Labute approximate surface area is 171 Å². The third kappa shape index (κ3) is 5.07. The number of benzene rings is 2. The van der Waals surface area contributed by atoms with E-state index in [2.05, 4.69) is 0 Å². The van der Waals surface area contributed by atoms with Gasteiger partial charge in [0.1, 0.15) is 11.5 Å². The Kier molecular flexibility index (Phi) is 6.76. The first-order valence-electron chi connectivity index (χ1n) is 9.52. The number of ether oxygens (including phenoxy) is 2. The van der Waals surface area contributed by atoms with E-state index in [1.807, 2.05) is 31.2 Å². The lowest BCUT2D eigenvalue weighted by atomic mass is 10.2. The van der Waals surface area contributed by atoms with Crippen molar-refractivity contribution in [3.8, 4) is 11.5 Å². The van der Waals surface area contributed by atoms with Gasteiger partial charge in [0, 0.05) is 26.2 Å². The second kappa shape index (κ2) is 9.28. The van der Waals surface area contributed by atoms with Crippen molar-refractivity contribution in [3.05, 3.63) is 54.1 Å². The molecule has 2 aromatic rings. The van der Waals surface area contributed by atoms with Crippen molar-refractivity contribution >= 4 is 15.9 Å². The van der Waals surface area contributed by atoms with Crippen molar-refractivity contribution in [1.82, 2.24) is 9.21 Å². The monoisotopic (exact) mass is 418 g/mol. The smallest absolute Gasteiger partial charge is 0.243 e. The van der Waals surface area contributed by atoms with Crippen LogP contribution in [0.5, 0.6) is 11.5 Å². The Balaban J connectivity index is 1.50. The highest BCUT2D eigenvalue weighted by molar-refractivity contribution is 7.89. The zero-order valence-electron chi connectivity index (χ0n) is 16.7. The average Bonchev–Trinajstić information content (AvgIpc) is 2.75. The van der Waals surface area contributed by atoms with Crippen LogP contribution in [-0.4, -0.2) is 63.4 Å². The SMILES string of the molecule is COc1ccc(S(=O)(=O)N2CCN(C(=O)CCOc3ccccc3C)CC2)cc1. The van der Waals surface area contributed by atoms with Crippen molar-refractivity contribution in [2.24, 2.45) is 0 Å². The fraction of sp³-hybridized carbons (Fsp3) is 0.381. The minimum absolute atomic E-state index is 0.0277. The first-order chi connectivity index (χ1) is 13.9. The van der Waals surface area contributed by atoms with E-state index in [9.17, 15) is 13.2 Å². The summed E-state index contributed by atoms with van der Waals surface area (Å²) in [7, 11) is -2.05. The van der Waals surface area contributed by atoms with Crippen molar-refractivity contribution in [2.75, 3.05) is 39.9 Å². The number of carbonyl (C=O) groups excluding carboxylic acids is 1. The Morgan fingerprint density at radius 2 is 1.66 bits per heavy atom. The summed E-state index contributed by atoms with van der Waals surface area (Å²) in [5, 5.41) is 0. The number of hydrogen-bond donors (Lipinski definition) is 0. The molecule has 0 aliphatic carbocycles. The van der Waals surface area contributed by atoms with Gasteiger partial charge in [-0.1, -0.05) is 18.2 Å². The molecule has 8 heteroatoms. The lowest BCUT2D eigenvalue weighted by Gasteiger charge is -2.34. The quantitative estimate of drug-likeness (QED) is 0.690. The summed E-state index contributed by atoms with van der Waals surface area (Å²) in [5.41, 5.74) is 1.03. The van der Waals surface area contributed by atoms with Crippen LogP contribution in [-0.2, 0) is 14.8 Å². The molecule has 1 amide bonds. The Bertz CT molecular complexity index is 936. The van der Waals surface area contributed by atoms with Gasteiger partial charge in [-0.15, -0.1) is 0 Å². The lowest BCUT2D eigenvalue weighted by molar-refractivity contribution is -0.132. The molecule has 1 aliphatic heterocycles. The van der Waals surface area contributed by atoms with Crippen LogP contribution in [0.15, 0.2) is 53.4 Å². The molecule has 3 rings (SSSR count). The third-order valence-corrected chi connectivity index (χ3v) is 6.87. The van der Waals surface area contributed by atoms with Crippen LogP contribution >= 0.6 is 0 Å². The fourth-order valence-corrected chi connectivity index (χ4v) is 4.62. The molecule has 0 atom stereocenters. The molecule has 0 spiro atoms. The third-order valence-electron chi connectivity index (χ3n) is 4.96. The van der Waals surface area contributed by atoms with E-state index < -0.39 is 10.0 Å². The summed E-state index contributed by atoms with van der Waals surface area (Å²) < 4.78 is 37.7. The minimum Gasteiger partial charge on any atom is -0.497 e. The molecule has 1 aliphatic rings. The summed E-state index contributed by atoms with van der Waals surface area (Å²) in [5.74, 6) is 1.35. The van der Waals surface area contributed by atoms with Crippen LogP contribution in [0.25, 0.3) is 0 Å². The Morgan fingerprint density at radius 3 is 2.28 bits per heavy atom. The predicted molar refractivity (Wildman–Crippen MR) is 110 cm³/mol. The summed E-state index contributed by atoms with van der Waals surface area (Å²) in [6.45, 7) is 3.56. The summed E-state index contributed by atoms with van der Waals surface area (Å²) in [4.78, 5) is 14.4. The van der Waals surface area contributed by atoms with E-state index in [-0.39, 0.29) is 30.3 Å². The number of methoxy groups -OCH3 is 1. The molecule has 1 saturated heterocycles. The minimum atomic E-state index is -3.58. The van der Waals surface area contributed by atoms with Crippen LogP contribution in [0.2, 0.25) is 0 Å². The van der Waals surface area contributed by atoms with Crippen molar-refractivity contribution in [1.29, 1.82) is 0 Å². The number of amides is 1. The van der Waals surface area contributed by atoms with E-state index in [0.717, 1.165) is 11.3 Å². The van der Waals surface area contributed by atoms with Gasteiger partial charge in [-0.25, -0.2) is 8.42 Å². The van der Waals surface area contributed by atoms with Crippen molar-refractivity contribution in [3.63, 3.8) is 0 Å². The molecular weight excluding hydrogens is 392 g/mol. The Morgan fingerprint density at radius 1 is 1.00 bits per heavy atom. The van der Waals surface area contributed by atoms with Crippen LogP contribution in [0.4, 0.5) is 0 Å². The topological polar surface area (TPSA) is 76.2 Å². The molecule has 0 unspecified atom stereocenters. The maximum Gasteiger partial charge on any atom is 0.243 e. The molecule has 29 heavy (non-hydrogen) atoms. The molecule has 0 saturated carbocycles. The molecule has 1 fully saturated rings. The fourth-order valence-electron chi connectivity index (χ4n) is 3.20. The van der Waals surface area contributed by atoms with Crippen LogP contribution < -0.4 is 9.47 Å². The van der Waals surface area contributed by atoms with E-state index in [0.29, 0.717) is 25.4 Å². The number of sulfonamides is 1. The summed E-state index contributed by atoms with van der Waals surface area (Å²) in [6.07, 6.45) is 0.263. The normalized spacial score (nSPS) is 15.2. The highest BCUT2D eigenvalue weighted by atomic mass is 32.2. The van der Waals surface area contributed by atoms with E-state index in [1.165, 1.54) is 23.5 Å². The lowest BCUT2D eigenvalue weighted by Crippen LogP contribution is -2.50. The van der Waals surface area contributed by atoms with Gasteiger partial charge in [0.15, 0.2) is 0 Å². The largest absolute Gasteiger partial charge is 0.497 e. The van der Waals surface area contributed by atoms with Crippen molar-refractivity contribution in [2.45, 2.75) is 18.2 Å². The summed E-state index contributed by atoms with van der Waals surface area (Å²) >= 11 is 0. The highest BCUT2D eigenvalue weighted by Crippen LogP contribution is 2.21. The number of rotatable bonds is 7. The first kappa shape index (κ1) is 21.1. The second-order valence-electron chi connectivity index (χ2n) is 6.82. The first-order valence-corrected chi connectivity index (χ1v) is 11.0. The maximum atomic E-state index is 12.8. The number of hydrogen-bond acceptors (Lipinski definition) is 5. The molecule has 1 heterocycles. The second-order valence-corrected chi connectivity index (χ2v) is 8.76. The van der Waals surface area contributed by atoms with Gasteiger partial charge in [-0.2, -0.15) is 4.31 Å². The van der Waals surface area contributed by atoms with E-state index >= 15 is 0 Å². The molecule has 0 bridgehead atoms. The zero-order valence-corrected chi connectivity index (χ0v) is 17.5. The van der Waals surface area contributed by atoms with E-state index in [4.69, 9.17) is 9.47 Å². The van der Waals surface area contributed by atoms with Gasteiger partial charge in [0.05, 0.1) is 25.0 Å². The molecule has 2 aromatic carbocycles. The maximum absolute atomic E-state index is 12.8. The van der Waals surface area contributed by atoms with Crippen LogP contribution in [0.1, 0.15) is 12.0 Å². The number of para-hydroxylation sites is 1. The molecule has 7 nitrogen and oxygen atoms in total. The molecule has 0 radical (unpaired) electrons. The van der Waals surface area contributed by atoms with Crippen LogP contribution in [0.3, 0.4) is 0 Å². The predicted octanol–water partition coefficient (Wildman–Crippen LogP) is 2.31. The summed E-state index contributed by atoms with van der Waals surface area (Å²) in [6, 6.07) is 14.0. The number of aryl methyl sites for hydroxylation is 1. The standard InChI is InChI=1S/C21H26N2O5S/c1-17-5-3-4-6-20(17)28-16-11-21(24)22-12-14-23(15-13-22)29(25,26)19-9-7-18(27-2)8-10-19/h3-10H,11-16H2,1-2H3. The van der Waals surface area contributed by atoms with Gasteiger partial charge in [0.25, 0.3) is 0 Å². The molecule has 0 aromatic heterocycles. The Hall–Kier alpha value is -2.58. The highest BCUT2D eigenvalue weighted by Gasteiger charge is 2.30. The van der Waals surface area contributed by atoms with Gasteiger partial charge >= 0.3 is 0 Å². The molecule has 156 valence electrons. The van der Waals surface area contributed by atoms with Crippen molar-refractivity contribution < 1.29 is 22.7 Å². The van der Waals surface area contributed by atoms with Crippen LogP contribution in [0, 0.1) is 6.92 Å². The number of carbonyl (C=O) groups is 1. The average molecular weight is 419 g/mol. The number of nitrogens with zero attached hydrogens (tertiary/aromatic N) is 2. The van der Waals surface area contributed by atoms with Gasteiger partial charge in [-0.3, -0.25) is 4.79 Å². The van der Waals surface area contributed by atoms with Gasteiger partial charge in [-0.05, 0) is 42.8 Å². The zero-order chi connectivity index (χ0) is 20.9. The van der Waals surface area contributed by atoms with Gasteiger partial charge < -0.3 is 14.4 Å². The molecule has 0 N–H and O–H groups in total. The van der Waals surface area contributed by atoms with Gasteiger partial charge in [0.2, 0.25) is 15.9 Å². The van der Waals surface area contributed by atoms with E-state index in [1.54, 1.807) is 17.0 Å². The molecular formula is C21H26N2O5S.